The maximum atomic E-state index is 10.4. The molecule has 1 aromatic rings. The summed E-state index contributed by atoms with van der Waals surface area (Å²) >= 11 is 0. The summed E-state index contributed by atoms with van der Waals surface area (Å²) in [6.45, 7) is 12.3. The van der Waals surface area contributed by atoms with Crippen molar-refractivity contribution in [1.82, 2.24) is 5.32 Å². The first kappa shape index (κ1) is 17.2. The first-order valence-corrected chi connectivity index (χ1v) is 7.24. The molecule has 0 bridgehead atoms. The summed E-state index contributed by atoms with van der Waals surface area (Å²) in [5, 5.41) is 22.9. The van der Waals surface area contributed by atoms with Gasteiger partial charge in [0.25, 0.3) is 0 Å². The second-order valence-corrected chi connectivity index (χ2v) is 7.29. The Balaban J connectivity index is 2.80. The molecular weight excluding hydrogens is 250 g/mol. The van der Waals surface area contributed by atoms with E-state index in [0.29, 0.717) is 0 Å². The van der Waals surface area contributed by atoms with E-state index in [1.807, 2.05) is 32.9 Å². The average molecular weight is 279 g/mol. The van der Waals surface area contributed by atoms with E-state index in [4.69, 9.17) is 0 Å². The predicted molar refractivity (Wildman–Crippen MR) is 83.9 cm³/mol. The second-order valence-electron chi connectivity index (χ2n) is 7.29. The first-order valence-electron chi connectivity index (χ1n) is 7.24. The van der Waals surface area contributed by atoms with Crippen LogP contribution in [-0.4, -0.2) is 28.4 Å². The van der Waals surface area contributed by atoms with Crippen LogP contribution in [0.4, 0.5) is 0 Å². The number of nitrogens with one attached hydrogen (secondary N) is 1. The Hall–Kier alpha value is -0.900. The molecule has 114 valence electrons. The zero-order valence-electron chi connectivity index (χ0n) is 13.6. The summed E-state index contributed by atoms with van der Waals surface area (Å²) in [5.74, 6) is 0. The number of rotatable bonds is 5. The molecule has 2 atom stereocenters. The summed E-state index contributed by atoms with van der Waals surface area (Å²) in [6.07, 6.45) is -0.588. The zero-order valence-corrected chi connectivity index (χ0v) is 13.6. The van der Waals surface area contributed by atoms with Crippen LogP contribution in [0.25, 0.3) is 0 Å². The van der Waals surface area contributed by atoms with Crippen LogP contribution in [0.5, 0.6) is 0 Å². The molecule has 0 spiro atoms. The van der Waals surface area contributed by atoms with Crippen molar-refractivity contribution in [3.05, 3.63) is 35.4 Å². The van der Waals surface area contributed by atoms with Crippen molar-refractivity contribution in [3.63, 3.8) is 0 Å². The van der Waals surface area contributed by atoms with Crippen molar-refractivity contribution in [2.24, 2.45) is 0 Å². The number of hydrogen-bond acceptors (Lipinski definition) is 3. The molecule has 1 rings (SSSR count). The normalized spacial score (nSPS) is 16.0. The maximum Gasteiger partial charge on any atom is 0.0940 e. The first-order chi connectivity index (χ1) is 9.07. The Morgan fingerprint density at radius 1 is 1.05 bits per heavy atom. The van der Waals surface area contributed by atoms with Crippen molar-refractivity contribution in [3.8, 4) is 0 Å². The minimum atomic E-state index is -0.588. The maximum absolute atomic E-state index is 10.4. The molecule has 3 heteroatoms. The van der Waals surface area contributed by atoms with E-state index in [9.17, 15) is 10.2 Å². The standard InChI is InChI=1S/C17H29NO2/c1-12(18-17(5,6)11-19)15(20)13-7-9-14(10-8-13)16(2,3)4/h7-10,12,15,18-20H,11H2,1-6H3. The fraction of sp³-hybridized carbons (Fsp3) is 0.647. The number of hydrogen-bond donors (Lipinski definition) is 3. The van der Waals surface area contributed by atoms with Crippen molar-refractivity contribution in [2.75, 3.05) is 6.61 Å². The monoisotopic (exact) mass is 279 g/mol. The van der Waals surface area contributed by atoms with E-state index in [1.165, 1.54) is 5.56 Å². The van der Waals surface area contributed by atoms with Gasteiger partial charge in [0.1, 0.15) is 0 Å². The zero-order chi connectivity index (χ0) is 15.6. The number of aliphatic hydroxyl groups excluding tert-OH is 2. The average Bonchev–Trinajstić information content (AvgIpc) is 2.36. The second kappa shape index (κ2) is 6.25. The van der Waals surface area contributed by atoms with Gasteiger partial charge in [-0.2, -0.15) is 0 Å². The van der Waals surface area contributed by atoms with Crippen molar-refractivity contribution in [2.45, 2.75) is 64.6 Å². The van der Waals surface area contributed by atoms with E-state index in [0.717, 1.165) is 5.56 Å². The third kappa shape index (κ3) is 4.58. The van der Waals surface area contributed by atoms with Gasteiger partial charge in [-0.05, 0) is 37.3 Å². The summed E-state index contributed by atoms with van der Waals surface area (Å²) < 4.78 is 0. The fourth-order valence-electron chi connectivity index (χ4n) is 2.21. The number of benzene rings is 1. The van der Waals surface area contributed by atoms with Gasteiger partial charge in [-0.3, -0.25) is 0 Å². The Morgan fingerprint density at radius 3 is 1.95 bits per heavy atom. The smallest absolute Gasteiger partial charge is 0.0940 e. The van der Waals surface area contributed by atoms with Gasteiger partial charge in [0, 0.05) is 11.6 Å². The molecule has 20 heavy (non-hydrogen) atoms. The minimum Gasteiger partial charge on any atom is -0.394 e. The lowest BCUT2D eigenvalue weighted by atomic mass is 9.86. The molecule has 2 unspecified atom stereocenters. The van der Waals surface area contributed by atoms with Crippen molar-refractivity contribution >= 4 is 0 Å². The number of aliphatic hydroxyl groups is 2. The molecule has 0 heterocycles. The molecule has 0 saturated heterocycles. The molecule has 3 nitrogen and oxygen atoms in total. The molecule has 0 aliphatic carbocycles. The van der Waals surface area contributed by atoms with E-state index < -0.39 is 11.6 Å². The van der Waals surface area contributed by atoms with Gasteiger partial charge in [-0.25, -0.2) is 0 Å². The Bertz CT molecular complexity index is 418. The lowest BCUT2D eigenvalue weighted by Crippen LogP contribution is -2.49. The highest BCUT2D eigenvalue weighted by Gasteiger charge is 2.24. The topological polar surface area (TPSA) is 52.5 Å². The van der Waals surface area contributed by atoms with Gasteiger partial charge >= 0.3 is 0 Å². The largest absolute Gasteiger partial charge is 0.394 e. The van der Waals surface area contributed by atoms with E-state index in [1.54, 1.807) is 0 Å². The quantitative estimate of drug-likeness (QED) is 0.777. The van der Waals surface area contributed by atoms with Crippen LogP contribution >= 0.6 is 0 Å². The molecule has 0 saturated carbocycles. The molecule has 0 fully saturated rings. The highest BCUT2D eigenvalue weighted by atomic mass is 16.3. The van der Waals surface area contributed by atoms with E-state index in [-0.39, 0.29) is 18.1 Å². The van der Waals surface area contributed by atoms with Crippen molar-refractivity contribution in [1.29, 1.82) is 0 Å². The summed E-state index contributed by atoms with van der Waals surface area (Å²) in [7, 11) is 0. The molecular formula is C17H29NO2. The minimum absolute atomic E-state index is 0.0347. The molecule has 0 aliphatic heterocycles. The van der Waals surface area contributed by atoms with Gasteiger partial charge in [0.15, 0.2) is 0 Å². The highest BCUT2D eigenvalue weighted by molar-refractivity contribution is 5.29. The van der Waals surface area contributed by atoms with Gasteiger partial charge in [0.05, 0.1) is 12.7 Å². The van der Waals surface area contributed by atoms with Crippen LogP contribution < -0.4 is 5.32 Å². The molecule has 0 aliphatic rings. The third-order valence-corrected chi connectivity index (χ3v) is 3.61. The Kier molecular flexibility index (Phi) is 5.36. The summed E-state index contributed by atoms with van der Waals surface area (Å²) in [5.41, 5.74) is 1.87. The fourth-order valence-corrected chi connectivity index (χ4v) is 2.21. The van der Waals surface area contributed by atoms with E-state index in [2.05, 4.69) is 38.2 Å². The molecule has 0 aromatic heterocycles. The summed E-state index contributed by atoms with van der Waals surface area (Å²) in [6, 6.07) is 7.98. The van der Waals surface area contributed by atoms with Gasteiger partial charge < -0.3 is 15.5 Å². The van der Waals surface area contributed by atoms with Crippen LogP contribution in [0.3, 0.4) is 0 Å². The van der Waals surface area contributed by atoms with Crippen LogP contribution in [-0.2, 0) is 5.41 Å². The van der Waals surface area contributed by atoms with E-state index >= 15 is 0 Å². The molecule has 0 amide bonds. The highest BCUT2D eigenvalue weighted by Crippen LogP contribution is 2.25. The Morgan fingerprint density at radius 2 is 1.55 bits per heavy atom. The SMILES string of the molecule is CC(NC(C)(C)CO)C(O)c1ccc(C(C)(C)C)cc1. The molecule has 3 N–H and O–H groups in total. The lowest BCUT2D eigenvalue weighted by molar-refractivity contribution is 0.0991. The van der Waals surface area contributed by atoms with Crippen LogP contribution in [0, 0.1) is 0 Å². The summed E-state index contributed by atoms with van der Waals surface area (Å²) in [4.78, 5) is 0. The van der Waals surface area contributed by atoms with Crippen LogP contribution in [0.2, 0.25) is 0 Å². The van der Waals surface area contributed by atoms with Gasteiger partial charge in [-0.15, -0.1) is 0 Å². The van der Waals surface area contributed by atoms with Crippen molar-refractivity contribution < 1.29 is 10.2 Å². The van der Waals surface area contributed by atoms with Crippen LogP contribution in [0.15, 0.2) is 24.3 Å². The third-order valence-electron chi connectivity index (χ3n) is 3.61. The molecule has 1 aromatic carbocycles. The lowest BCUT2D eigenvalue weighted by Gasteiger charge is -2.31. The Labute approximate surface area is 123 Å². The van der Waals surface area contributed by atoms with Crippen LogP contribution in [0.1, 0.15) is 58.8 Å². The van der Waals surface area contributed by atoms with Gasteiger partial charge in [0.2, 0.25) is 0 Å². The molecule has 0 radical (unpaired) electrons. The van der Waals surface area contributed by atoms with Gasteiger partial charge in [-0.1, -0.05) is 45.0 Å². The predicted octanol–water partition coefficient (Wildman–Crippen LogP) is 2.77.